The van der Waals surface area contributed by atoms with Crippen LogP contribution in [0.2, 0.25) is 10.0 Å². The molecule has 0 aromatic heterocycles. The van der Waals surface area contributed by atoms with Gasteiger partial charge in [0.25, 0.3) is 0 Å². The molecule has 0 saturated carbocycles. The van der Waals surface area contributed by atoms with Crippen molar-refractivity contribution in [3.8, 4) is 0 Å². The summed E-state index contributed by atoms with van der Waals surface area (Å²) in [4.78, 5) is 37.1. The molecular formula is C25H22Cl2N2O7S. The maximum Gasteiger partial charge on any atom is 0.337 e. The summed E-state index contributed by atoms with van der Waals surface area (Å²) in [5.74, 6) is -2.22. The number of benzene rings is 3. The molecule has 3 rings (SSSR count). The smallest absolute Gasteiger partial charge is 0.337 e. The van der Waals surface area contributed by atoms with Crippen molar-refractivity contribution >= 4 is 56.8 Å². The van der Waals surface area contributed by atoms with E-state index < -0.39 is 34.4 Å². The third-order valence-corrected chi connectivity index (χ3v) is 7.51. The first-order valence-corrected chi connectivity index (χ1v) is 12.9. The van der Waals surface area contributed by atoms with Crippen LogP contribution in [0.3, 0.4) is 0 Å². The van der Waals surface area contributed by atoms with Gasteiger partial charge in [0.2, 0.25) is 15.9 Å². The van der Waals surface area contributed by atoms with E-state index in [1.165, 1.54) is 50.6 Å². The van der Waals surface area contributed by atoms with Crippen LogP contribution in [-0.2, 0) is 30.8 Å². The third-order valence-electron chi connectivity index (χ3n) is 5.12. The van der Waals surface area contributed by atoms with Gasteiger partial charge in [0, 0.05) is 22.3 Å². The molecule has 0 spiro atoms. The predicted molar refractivity (Wildman–Crippen MR) is 138 cm³/mol. The number of ether oxygens (including phenoxy) is 2. The highest BCUT2D eigenvalue weighted by Crippen LogP contribution is 2.25. The monoisotopic (exact) mass is 564 g/mol. The fraction of sp³-hybridized carbons (Fsp3) is 0.160. The highest BCUT2D eigenvalue weighted by Gasteiger charge is 2.28. The number of methoxy groups -OCH3 is 2. The summed E-state index contributed by atoms with van der Waals surface area (Å²) in [5, 5.41) is 3.13. The molecule has 3 aromatic rings. The van der Waals surface area contributed by atoms with Gasteiger partial charge in [-0.25, -0.2) is 18.0 Å². The van der Waals surface area contributed by atoms with Crippen LogP contribution in [0.1, 0.15) is 26.3 Å². The van der Waals surface area contributed by atoms with E-state index in [0.29, 0.717) is 10.6 Å². The standard InChI is InChI=1S/C25H22Cl2N2O7S/c1-35-24(31)17-10-18(25(32)36-2)12-20(11-17)28-23(30)15-29(14-16-8-9-19(26)13-22(16)27)37(33,34)21-6-4-3-5-7-21/h3-13H,14-15H2,1-2H3,(H,28,30). The Morgan fingerprint density at radius 2 is 1.46 bits per heavy atom. The van der Waals surface area contributed by atoms with Crippen LogP contribution in [0.5, 0.6) is 0 Å². The topological polar surface area (TPSA) is 119 Å². The molecule has 3 aromatic carbocycles. The van der Waals surface area contributed by atoms with E-state index in [4.69, 9.17) is 32.7 Å². The van der Waals surface area contributed by atoms with E-state index in [0.717, 1.165) is 4.31 Å². The van der Waals surface area contributed by atoms with Gasteiger partial charge in [-0.05, 0) is 48.0 Å². The van der Waals surface area contributed by atoms with Crippen molar-refractivity contribution in [1.29, 1.82) is 0 Å². The van der Waals surface area contributed by atoms with Crippen molar-refractivity contribution in [2.75, 3.05) is 26.1 Å². The minimum atomic E-state index is -4.13. The van der Waals surface area contributed by atoms with Gasteiger partial charge >= 0.3 is 11.9 Å². The summed E-state index contributed by atoms with van der Waals surface area (Å²) < 4.78 is 37.2. The number of rotatable bonds is 9. The Morgan fingerprint density at radius 1 is 0.865 bits per heavy atom. The molecule has 1 amide bonds. The fourth-order valence-corrected chi connectivity index (χ4v) is 5.20. The Labute approximate surface area is 223 Å². The lowest BCUT2D eigenvalue weighted by atomic mass is 10.1. The van der Waals surface area contributed by atoms with Gasteiger partial charge < -0.3 is 14.8 Å². The zero-order valence-electron chi connectivity index (χ0n) is 19.7. The number of amides is 1. The molecule has 194 valence electrons. The van der Waals surface area contributed by atoms with Crippen molar-refractivity contribution < 1.29 is 32.3 Å². The summed E-state index contributed by atoms with van der Waals surface area (Å²) >= 11 is 12.2. The number of hydrogen-bond donors (Lipinski definition) is 1. The third kappa shape index (κ3) is 7.07. The fourth-order valence-electron chi connectivity index (χ4n) is 3.34. The highest BCUT2D eigenvalue weighted by molar-refractivity contribution is 7.89. The molecule has 0 fully saturated rings. The van der Waals surface area contributed by atoms with E-state index >= 15 is 0 Å². The molecule has 0 unspecified atom stereocenters. The molecule has 12 heteroatoms. The Hall–Kier alpha value is -3.44. The van der Waals surface area contributed by atoms with Gasteiger partial charge in [0.15, 0.2) is 0 Å². The Bertz CT molecular complexity index is 1400. The quantitative estimate of drug-likeness (QED) is 0.382. The number of carbonyl (C=O) groups excluding carboxylic acids is 3. The van der Waals surface area contributed by atoms with Gasteiger partial charge in [-0.2, -0.15) is 4.31 Å². The first-order chi connectivity index (χ1) is 17.5. The lowest BCUT2D eigenvalue weighted by Gasteiger charge is -2.22. The van der Waals surface area contributed by atoms with Gasteiger partial charge in [-0.3, -0.25) is 4.79 Å². The second-order valence-electron chi connectivity index (χ2n) is 7.65. The van der Waals surface area contributed by atoms with E-state index in [2.05, 4.69) is 5.32 Å². The molecule has 0 bridgehead atoms. The van der Waals surface area contributed by atoms with Gasteiger partial charge in [0.1, 0.15) is 0 Å². The molecule has 37 heavy (non-hydrogen) atoms. The normalized spacial score (nSPS) is 11.2. The lowest BCUT2D eigenvalue weighted by molar-refractivity contribution is -0.116. The van der Waals surface area contributed by atoms with Gasteiger partial charge in [0.05, 0.1) is 36.8 Å². The van der Waals surface area contributed by atoms with Gasteiger partial charge in [-0.15, -0.1) is 0 Å². The zero-order chi connectivity index (χ0) is 27.2. The van der Waals surface area contributed by atoms with Crippen LogP contribution in [0.4, 0.5) is 5.69 Å². The van der Waals surface area contributed by atoms with Crippen molar-refractivity contribution in [3.63, 3.8) is 0 Å². The number of hydrogen-bond acceptors (Lipinski definition) is 7. The van der Waals surface area contributed by atoms with E-state index in [-0.39, 0.29) is 33.3 Å². The van der Waals surface area contributed by atoms with E-state index in [1.807, 2.05) is 0 Å². The number of anilines is 1. The summed E-state index contributed by atoms with van der Waals surface area (Å²) in [6.07, 6.45) is 0. The average molecular weight is 565 g/mol. The second-order valence-corrected chi connectivity index (χ2v) is 10.4. The van der Waals surface area contributed by atoms with E-state index in [1.54, 1.807) is 30.3 Å². The molecule has 0 saturated heterocycles. The first-order valence-electron chi connectivity index (χ1n) is 10.7. The summed E-state index contributed by atoms with van der Waals surface area (Å²) in [7, 11) is -1.80. The van der Waals surface area contributed by atoms with E-state index in [9.17, 15) is 22.8 Å². The molecule has 0 radical (unpaired) electrons. The minimum absolute atomic E-state index is 0.0117. The van der Waals surface area contributed by atoms with Gasteiger partial charge in [-0.1, -0.05) is 47.5 Å². The number of halogens is 2. The number of nitrogens with zero attached hydrogens (tertiary/aromatic N) is 1. The maximum atomic E-state index is 13.4. The van der Waals surface area contributed by atoms with Crippen LogP contribution in [0.15, 0.2) is 71.6 Å². The molecule has 9 nitrogen and oxygen atoms in total. The minimum Gasteiger partial charge on any atom is -0.465 e. The molecule has 0 atom stereocenters. The number of esters is 2. The van der Waals surface area contributed by atoms with Crippen molar-refractivity contribution in [2.24, 2.45) is 0 Å². The zero-order valence-corrected chi connectivity index (χ0v) is 22.1. The Balaban J connectivity index is 1.94. The molecule has 0 aliphatic carbocycles. The van der Waals surface area contributed by atoms with Crippen LogP contribution in [0.25, 0.3) is 0 Å². The number of carbonyl (C=O) groups is 3. The van der Waals surface area contributed by atoms with Crippen molar-refractivity contribution in [2.45, 2.75) is 11.4 Å². The van der Waals surface area contributed by atoms with Crippen molar-refractivity contribution in [1.82, 2.24) is 4.31 Å². The summed E-state index contributed by atoms with van der Waals surface area (Å²) in [5.41, 5.74) is 0.471. The molecule has 0 aliphatic rings. The Morgan fingerprint density at radius 3 is 2.00 bits per heavy atom. The van der Waals surface area contributed by atoms with Crippen LogP contribution < -0.4 is 5.32 Å². The SMILES string of the molecule is COC(=O)c1cc(NC(=O)CN(Cc2ccc(Cl)cc2Cl)S(=O)(=O)c2ccccc2)cc(C(=O)OC)c1. The van der Waals surface area contributed by atoms with Crippen molar-refractivity contribution in [3.05, 3.63) is 93.5 Å². The maximum absolute atomic E-state index is 13.4. The Kier molecular flexibility index (Phi) is 9.28. The molecule has 1 N–H and O–H groups in total. The molecule has 0 aliphatic heterocycles. The summed E-state index contributed by atoms with van der Waals surface area (Å²) in [6.45, 7) is -0.831. The highest BCUT2D eigenvalue weighted by atomic mass is 35.5. The van der Waals surface area contributed by atoms with Crippen LogP contribution in [-0.4, -0.2) is 51.3 Å². The number of sulfonamides is 1. The molecular weight excluding hydrogens is 543 g/mol. The predicted octanol–water partition coefficient (Wildman–Crippen LogP) is 4.40. The van der Waals surface area contributed by atoms with Crippen LogP contribution >= 0.6 is 23.2 Å². The molecule has 0 heterocycles. The summed E-state index contributed by atoms with van der Waals surface area (Å²) in [6, 6.07) is 16.0. The first kappa shape index (κ1) is 28.1. The second kappa shape index (κ2) is 12.2. The van der Waals surface area contributed by atoms with Crippen LogP contribution in [0, 0.1) is 0 Å². The largest absolute Gasteiger partial charge is 0.465 e. The average Bonchev–Trinajstić information content (AvgIpc) is 2.88. The lowest BCUT2D eigenvalue weighted by Crippen LogP contribution is -2.37. The number of nitrogens with one attached hydrogen (secondary N) is 1.